The summed E-state index contributed by atoms with van der Waals surface area (Å²) in [6.45, 7) is 0. The molecule has 3 heterocycles. The highest BCUT2D eigenvalue weighted by atomic mass is 32.1. The van der Waals surface area contributed by atoms with Crippen LogP contribution >= 0.6 is 11.3 Å². The van der Waals surface area contributed by atoms with Crippen molar-refractivity contribution in [3.8, 4) is 11.5 Å². The molecule has 2 atom stereocenters. The van der Waals surface area contributed by atoms with Crippen LogP contribution < -0.4 is 26.0 Å². The summed E-state index contributed by atoms with van der Waals surface area (Å²) in [6, 6.07) is 18.4. The number of nitrogens with one attached hydrogen (secondary N) is 2. The number of amides is 3. The highest BCUT2D eigenvalue weighted by molar-refractivity contribution is 7.21. The molecule has 9 heteroatoms. The van der Waals surface area contributed by atoms with E-state index < -0.39 is 0 Å². The summed E-state index contributed by atoms with van der Waals surface area (Å²) in [6.07, 6.45) is 4.19. The molecule has 0 radical (unpaired) electrons. The van der Waals surface area contributed by atoms with Gasteiger partial charge in [-0.2, -0.15) is 0 Å². The van der Waals surface area contributed by atoms with Gasteiger partial charge < -0.3 is 21.1 Å². The molecule has 1 aliphatic heterocycles. The van der Waals surface area contributed by atoms with Crippen molar-refractivity contribution in [3.05, 3.63) is 71.7 Å². The van der Waals surface area contributed by atoms with E-state index in [1.807, 2.05) is 54.6 Å². The van der Waals surface area contributed by atoms with E-state index in [0.29, 0.717) is 32.5 Å². The SMILES string of the molecule is NC1CCC(NC(=O)c2sc3nccc4c3c2NC(=O)N4c2ccc(Oc3ccccc3)cc2)C1. The molecule has 2 aromatic heterocycles. The maximum absolute atomic E-state index is 13.3. The van der Waals surface area contributed by atoms with Crippen molar-refractivity contribution in [3.63, 3.8) is 0 Å². The van der Waals surface area contributed by atoms with Crippen molar-refractivity contribution in [2.75, 3.05) is 10.2 Å². The first kappa shape index (κ1) is 21.6. The smallest absolute Gasteiger partial charge is 0.331 e. The van der Waals surface area contributed by atoms with Gasteiger partial charge in [-0.25, -0.2) is 9.78 Å². The molecule has 2 unspecified atom stereocenters. The number of carbonyl (C=O) groups excluding carboxylic acids is 2. The Bertz CT molecular complexity index is 1420. The predicted molar refractivity (Wildman–Crippen MR) is 137 cm³/mol. The Kier molecular flexibility index (Phi) is 5.35. The van der Waals surface area contributed by atoms with E-state index >= 15 is 0 Å². The zero-order valence-corrected chi connectivity index (χ0v) is 19.5. The zero-order chi connectivity index (χ0) is 23.9. The van der Waals surface area contributed by atoms with Gasteiger partial charge in [0.15, 0.2) is 0 Å². The lowest BCUT2D eigenvalue weighted by Crippen LogP contribution is -2.36. The largest absolute Gasteiger partial charge is 0.457 e. The van der Waals surface area contributed by atoms with E-state index in [-0.39, 0.29) is 24.0 Å². The third-order valence-corrected chi connectivity index (χ3v) is 7.43. The molecule has 2 aliphatic rings. The van der Waals surface area contributed by atoms with E-state index in [0.717, 1.165) is 30.4 Å². The number of ether oxygens (including phenoxy) is 1. The summed E-state index contributed by atoms with van der Waals surface area (Å²) in [5.74, 6) is 1.20. The molecule has 176 valence electrons. The summed E-state index contributed by atoms with van der Waals surface area (Å²) in [4.78, 5) is 33.6. The third-order valence-electron chi connectivity index (χ3n) is 6.33. The number of rotatable bonds is 5. The summed E-state index contributed by atoms with van der Waals surface area (Å²) in [5, 5.41) is 6.76. The normalized spacial score (nSPS) is 19.0. The van der Waals surface area contributed by atoms with Gasteiger partial charge in [-0.05, 0) is 61.7 Å². The lowest BCUT2D eigenvalue weighted by Gasteiger charge is -2.28. The molecule has 4 N–H and O–H groups in total. The van der Waals surface area contributed by atoms with Gasteiger partial charge in [-0.3, -0.25) is 9.69 Å². The number of carbonyl (C=O) groups is 2. The van der Waals surface area contributed by atoms with Crippen LogP contribution in [0.3, 0.4) is 0 Å². The maximum atomic E-state index is 13.3. The van der Waals surface area contributed by atoms with Crippen LogP contribution in [0, 0.1) is 0 Å². The number of hydrogen-bond donors (Lipinski definition) is 3. The van der Waals surface area contributed by atoms with E-state index in [1.54, 1.807) is 17.2 Å². The number of aromatic nitrogens is 1. The average molecular weight is 486 g/mol. The molecule has 0 spiro atoms. The molecule has 8 nitrogen and oxygen atoms in total. The highest BCUT2D eigenvalue weighted by Crippen LogP contribution is 2.46. The number of thiophene rings is 1. The topological polar surface area (TPSA) is 110 Å². The fourth-order valence-electron chi connectivity index (χ4n) is 4.69. The number of nitrogens with zero attached hydrogens (tertiary/aromatic N) is 2. The first-order valence-corrected chi connectivity index (χ1v) is 12.3. The van der Waals surface area contributed by atoms with Gasteiger partial charge in [0.2, 0.25) is 0 Å². The molecule has 3 amide bonds. The van der Waals surface area contributed by atoms with Crippen molar-refractivity contribution in [1.29, 1.82) is 0 Å². The second-order valence-electron chi connectivity index (χ2n) is 8.73. The minimum atomic E-state index is -0.336. The van der Waals surface area contributed by atoms with E-state index in [4.69, 9.17) is 10.5 Å². The Morgan fingerprint density at radius 1 is 1.09 bits per heavy atom. The van der Waals surface area contributed by atoms with E-state index in [9.17, 15) is 9.59 Å². The molecule has 4 aromatic rings. The standard InChI is InChI=1S/C26H23N5O3S/c27-15-6-7-16(14-15)29-24(32)23-22-21-20(12-13-28-25(21)35-23)31(26(33)30-22)17-8-10-19(11-9-17)34-18-4-2-1-3-5-18/h1-5,8-13,15-16H,6-7,14,27H2,(H,29,32)(H,30,33). The Hall–Kier alpha value is -3.95. The lowest BCUT2D eigenvalue weighted by atomic mass is 10.1. The van der Waals surface area contributed by atoms with Gasteiger partial charge in [0.25, 0.3) is 5.91 Å². The Morgan fingerprint density at radius 3 is 2.60 bits per heavy atom. The second-order valence-corrected chi connectivity index (χ2v) is 9.73. The molecule has 1 fully saturated rings. The van der Waals surface area contributed by atoms with Crippen LogP contribution in [0.5, 0.6) is 11.5 Å². The predicted octanol–water partition coefficient (Wildman–Crippen LogP) is 5.38. The minimum Gasteiger partial charge on any atom is -0.457 e. The van der Waals surface area contributed by atoms with Crippen LogP contribution in [0.15, 0.2) is 66.9 Å². The van der Waals surface area contributed by atoms with E-state index in [1.165, 1.54) is 11.3 Å². The van der Waals surface area contributed by atoms with Crippen molar-refractivity contribution in [2.24, 2.45) is 5.73 Å². The number of benzene rings is 2. The van der Waals surface area contributed by atoms with Gasteiger partial charge in [-0.15, -0.1) is 11.3 Å². The summed E-state index contributed by atoms with van der Waals surface area (Å²) >= 11 is 1.28. The van der Waals surface area contributed by atoms with E-state index in [2.05, 4.69) is 15.6 Å². The number of pyridine rings is 1. The minimum absolute atomic E-state index is 0.0507. The molecule has 2 aromatic carbocycles. The van der Waals surface area contributed by atoms with Crippen molar-refractivity contribution in [2.45, 2.75) is 31.3 Å². The molecule has 1 aliphatic carbocycles. The number of hydrogen-bond acceptors (Lipinski definition) is 6. The number of urea groups is 1. The molecule has 1 saturated carbocycles. The molecule has 6 rings (SSSR count). The number of para-hydroxylation sites is 1. The number of nitrogens with two attached hydrogens (primary N) is 1. The van der Waals surface area contributed by atoms with Crippen LogP contribution in [0.4, 0.5) is 21.9 Å². The van der Waals surface area contributed by atoms with Crippen LogP contribution in [-0.2, 0) is 0 Å². The molecular weight excluding hydrogens is 462 g/mol. The van der Waals surface area contributed by atoms with Crippen molar-refractivity contribution >= 4 is 50.6 Å². The zero-order valence-electron chi connectivity index (χ0n) is 18.7. The fourth-order valence-corrected chi connectivity index (χ4v) is 5.71. The van der Waals surface area contributed by atoms with Gasteiger partial charge in [-0.1, -0.05) is 18.2 Å². The first-order valence-electron chi connectivity index (χ1n) is 11.5. The fraction of sp³-hybridized carbons (Fsp3) is 0.192. The van der Waals surface area contributed by atoms with Gasteiger partial charge in [0.1, 0.15) is 21.2 Å². The van der Waals surface area contributed by atoms with Crippen molar-refractivity contribution < 1.29 is 14.3 Å². The Labute approximate surface area is 205 Å². The summed E-state index contributed by atoms with van der Waals surface area (Å²) in [7, 11) is 0. The molecular formula is C26H23N5O3S. The first-order chi connectivity index (χ1) is 17.1. The van der Waals surface area contributed by atoms with Crippen LogP contribution in [0.2, 0.25) is 0 Å². The average Bonchev–Trinajstić information content (AvgIpc) is 3.44. The highest BCUT2D eigenvalue weighted by Gasteiger charge is 2.33. The molecule has 0 saturated heterocycles. The Balaban J connectivity index is 1.31. The van der Waals surface area contributed by atoms with Crippen molar-refractivity contribution in [1.82, 2.24) is 10.3 Å². The lowest BCUT2D eigenvalue weighted by molar-refractivity contribution is 0.0942. The Morgan fingerprint density at radius 2 is 1.86 bits per heavy atom. The summed E-state index contributed by atoms with van der Waals surface area (Å²) in [5.41, 5.74) is 7.87. The second kappa shape index (κ2) is 8.68. The molecule has 0 bridgehead atoms. The third kappa shape index (κ3) is 3.98. The molecule has 35 heavy (non-hydrogen) atoms. The summed E-state index contributed by atoms with van der Waals surface area (Å²) < 4.78 is 5.87. The quantitative estimate of drug-likeness (QED) is 0.352. The van der Waals surface area contributed by atoms with Crippen LogP contribution in [-0.4, -0.2) is 29.0 Å². The monoisotopic (exact) mass is 485 g/mol. The van der Waals surface area contributed by atoms with Crippen LogP contribution in [0.1, 0.15) is 28.9 Å². The maximum Gasteiger partial charge on any atom is 0.331 e. The van der Waals surface area contributed by atoms with Gasteiger partial charge in [0.05, 0.1) is 22.4 Å². The van der Waals surface area contributed by atoms with Gasteiger partial charge in [0, 0.05) is 18.3 Å². The number of anilines is 3. The van der Waals surface area contributed by atoms with Crippen LogP contribution in [0.25, 0.3) is 10.2 Å². The van der Waals surface area contributed by atoms with Gasteiger partial charge >= 0.3 is 6.03 Å².